The lowest BCUT2D eigenvalue weighted by Crippen LogP contribution is -1.98. The summed E-state index contributed by atoms with van der Waals surface area (Å²) in [5, 5.41) is 0.692. The smallest absolute Gasteiger partial charge is 0.330 e. The molecule has 0 unspecified atom stereocenters. The maximum Gasteiger partial charge on any atom is 0.330 e. The van der Waals surface area contributed by atoms with Crippen LogP contribution in [0, 0.1) is 0 Å². The third-order valence-electron chi connectivity index (χ3n) is 1.88. The third kappa shape index (κ3) is 3.91. The van der Waals surface area contributed by atoms with Gasteiger partial charge in [-0.25, -0.2) is 4.79 Å². The van der Waals surface area contributed by atoms with E-state index in [1.54, 1.807) is 30.8 Å². The molecular weight excluding hydrogens is 244 g/mol. The van der Waals surface area contributed by atoms with Gasteiger partial charge in [0, 0.05) is 16.0 Å². The summed E-state index contributed by atoms with van der Waals surface area (Å²) in [6.07, 6.45) is 5.12. The number of esters is 1. The topological polar surface area (TPSA) is 26.3 Å². The number of hydrogen-bond donors (Lipinski definition) is 0. The molecule has 0 spiro atoms. The SMILES string of the molecule is CCOC(=O)/C=C/c1ccc(Cl)cc1SC. The van der Waals surface area contributed by atoms with Gasteiger partial charge in [0.2, 0.25) is 0 Å². The summed E-state index contributed by atoms with van der Waals surface area (Å²) in [6, 6.07) is 5.55. The molecule has 86 valence electrons. The van der Waals surface area contributed by atoms with Crippen molar-refractivity contribution in [3.05, 3.63) is 34.9 Å². The average Bonchev–Trinajstić information content (AvgIpc) is 2.27. The molecule has 0 N–H and O–H groups in total. The Bertz CT molecular complexity index is 402. The summed E-state index contributed by atoms with van der Waals surface area (Å²) in [6.45, 7) is 2.17. The predicted octanol–water partition coefficient (Wildman–Crippen LogP) is 3.64. The molecule has 0 saturated heterocycles. The van der Waals surface area contributed by atoms with E-state index in [2.05, 4.69) is 0 Å². The average molecular weight is 257 g/mol. The molecule has 0 aromatic heterocycles. The lowest BCUT2D eigenvalue weighted by molar-refractivity contribution is -0.137. The van der Waals surface area contributed by atoms with Crippen molar-refractivity contribution in [2.45, 2.75) is 11.8 Å². The van der Waals surface area contributed by atoms with E-state index in [1.165, 1.54) is 6.08 Å². The zero-order chi connectivity index (χ0) is 12.0. The minimum Gasteiger partial charge on any atom is -0.463 e. The molecule has 2 nitrogen and oxygen atoms in total. The summed E-state index contributed by atoms with van der Waals surface area (Å²) in [5.74, 6) is -0.329. The van der Waals surface area contributed by atoms with Crippen molar-refractivity contribution < 1.29 is 9.53 Å². The van der Waals surface area contributed by atoms with Gasteiger partial charge >= 0.3 is 5.97 Å². The Balaban J connectivity index is 2.84. The first-order valence-corrected chi connectivity index (χ1v) is 6.46. The highest BCUT2D eigenvalue weighted by Gasteiger charge is 2.00. The van der Waals surface area contributed by atoms with Crippen LogP contribution in [-0.2, 0) is 9.53 Å². The van der Waals surface area contributed by atoms with Gasteiger partial charge in [0.05, 0.1) is 6.61 Å². The Morgan fingerprint density at radius 3 is 2.94 bits per heavy atom. The van der Waals surface area contributed by atoms with E-state index in [1.807, 2.05) is 18.4 Å². The van der Waals surface area contributed by atoms with Crippen LogP contribution in [0.25, 0.3) is 6.08 Å². The van der Waals surface area contributed by atoms with Gasteiger partial charge in [-0.2, -0.15) is 0 Å². The number of carbonyl (C=O) groups is 1. The fourth-order valence-electron chi connectivity index (χ4n) is 1.17. The maximum absolute atomic E-state index is 11.1. The molecule has 0 heterocycles. The Morgan fingerprint density at radius 2 is 2.31 bits per heavy atom. The second-order valence-corrected chi connectivity index (χ2v) is 4.26. The molecule has 16 heavy (non-hydrogen) atoms. The minimum atomic E-state index is -0.329. The second kappa shape index (κ2) is 6.61. The Morgan fingerprint density at radius 1 is 1.56 bits per heavy atom. The van der Waals surface area contributed by atoms with Crippen molar-refractivity contribution in [3.8, 4) is 0 Å². The van der Waals surface area contributed by atoms with Crippen LogP contribution in [0.2, 0.25) is 5.02 Å². The molecule has 0 aliphatic heterocycles. The van der Waals surface area contributed by atoms with Crippen LogP contribution in [0.3, 0.4) is 0 Å². The standard InChI is InChI=1S/C12H13ClO2S/c1-3-15-12(14)7-5-9-4-6-10(13)8-11(9)16-2/h4-8H,3H2,1-2H3/b7-5+. The van der Waals surface area contributed by atoms with E-state index < -0.39 is 0 Å². The summed E-state index contributed by atoms with van der Waals surface area (Å²) in [4.78, 5) is 12.2. The first kappa shape index (κ1) is 13.1. The number of thioether (sulfide) groups is 1. The van der Waals surface area contributed by atoms with Crippen LogP contribution in [0.1, 0.15) is 12.5 Å². The molecule has 0 aliphatic rings. The molecule has 0 bridgehead atoms. The van der Waals surface area contributed by atoms with E-state index in [0.29, 0.717) is 11.6 Å². The fraction of sp³-hybridized carbons (Fsp3) is 0.250. The number of rotatable bonds is 4. The molecule has 1 aromatic carbocycles. The number of halogens is 1. The van der Waals surface area contributed by atoms with Crippen LogP contribution in [0.5, 0.6) is 0 Å². The zero-order valence-corrected chi connectivity index (χ0v) is 10.8. The van der Waals surface area contributed by atoms with Crippen molar-refractivity contribution in [2.24, 2.45) is 0 Å². The van der Waals surface area contributed by atoms with Gasteiger partial charge in [-0.3, -0.25) is 0 Å². The Kier molecular flexibility index (Phi) is 5.43. The van der Waals surface area contributed by atoms with Gasteiger partial charge in [0.1, 0.15) is 0 Å². The quantitative estimate of drug-likeness (QED) is 0.467. The van der Waals surface area contributed by atoms with Gasteiger partial charge in [-0.05, 0) is 37.0 Å². The molecule has 4 heteroatoms. The van der Waals surface area contributed by atoms with Crippen molar-refractivity contribution in [2.75, 3.05) is 12.9 Å². The second-order valence-electron chi connectivity index (χ2n) is 2.97. The largest absolute Gasteiger partial charge is 0.463 e. The van der Waals surface area contributed by atoms with Gasteiger partial charge in [-0.1, -0.05) is 17.7 Å². The van der Waals surface area contributed by atoms with Gasteiger partial charge < -0.3 is 4.74 Å². The Hall–Kier alpha value is -0.930. The molecular formula is C12H13ClO2S. The van der Waals surface area contributed by atoms with Crippen LogP contribution in [0.4, 0.5) is 0 Å². The molecule has 1 rings (SSSR count). The molecule has 0 atom stereocenters. The van der Waals surface area contributed by atoms with Gasteiger partial charge in [0.15, 0.2) is 0 Å². The minimum absolute atomic E-state index is 0.329. The van der Waals surface area contributed by atoms with Gasteiger partial charge in [0.25, 0.3) is 0 Å². The van der Waals surface area contributed by atoms with Crippen molar-refractivity contribution >= 4 is 35.4 Å². The lowest BCUT2D eigenvalue weighted by Gasteiger charge is -2.03. The lowest BCUT2D eigenvalue weighted by atomic mass is 10.2. The van der Waals surface area contributed by atoms with E-state index in [4.69, 9.17) is 16.3 Å². The summed E-state index contributed by atoms with van der Waals surface area (Å²) >= 11 is 7.47. The predicted molar refractivity (Wildman–Crippen MR) is 68.9 cm³/mol. The number of carbonyl (C=O) groups excluding carboxylic acids is 1. The summed E-state index contributed by atoms with van der Waals surface area (Å²) in [7, 11) is 0. The van der Waals surface area contributed by atoms with E-state index in [9.17, 15) is 4.79 Å². The fourth-order valence-corrected chi connectivity index (χ4v) is 2.02. The highest BCUT2D eigenvalue weighted by Crippen LogP contribution is 2.25. The van der Waals surface area contributed by atoms with Crippen molar-refractivity contribution in [3.63, 3.8) is 0 Å². The Labute approximate surface area is 105 Å². The summed E-state index contributed by atoms with van der Waals surface area (Å²) < 4.78 is 4.80. The molecule has 0 saturated carbocycles. The number of benzene rings is 1. The normalized spacial score (nSPS) is 10.7. The van der Waals surface area contributed by atoms with Crippen LogP contribution < -0.4 is 0 Å². The van der Waals surface area contributed by atoms with Crippen LogP contribution >= 0.6 is 23.4 Å². The van der Waals surface area contributed by atoms with Crippen molar-refractivity contribution in [1.29, 1.82) is 0 Å². The maximum atomic E-state index is 11.1. The molecule has 0 fully saturated rings. The first-order chi connectivity index (χ1) is 7.67. The van der Waals surface area contributed by atoms with Gasteiger partial charge in [-0.15, -0.1) is 11.8 Å². The first-order valence-electron chi connectivity index (χ1n) is 4.85. The van der Waals surface area contributed by atoms with E-state index in [-0.39, 0.29) is 5.97 Å². The van der Waals surface area contributed by atoms with E-state index >= 15 is 0 Å². The van der Waals surface area contributed by atoms with Crippen LogP contribution in [0.15, 0.2) is 29.2 Å². The number of hydrogen-bond acceptors (Lipinski definition) is 3. The molecule has 0 amide bonds. The highest BCUT2D eigenvalue weighted by atomic mass is 35.5. The van der Waals surface area contributed by atoms with E-state index in [0.717, 1.165) is 10.5 Å². The monoisotopic (exact) mass is 256 g/mol. The molecule has 0 aliphatic carbocycles. The van der Waals surface area contributed by atoms with Crippen LogP contribution in [-0.4, -0.2) is 18.8 Å². The highest BCUT2D eigenvalue weighted by molar-refractivity contribution is 7.98. The zero-order valence-electron chi connectivity index (χ0n) is 9.20. The summed E-state index contributed by atoms with van der Waals surface area (Å²) in [5.41, 5.74) is 0.963. The molecule has 1 aromatic rings. The number of ether oxygens (including phenoxy) is 1. The molecule has 0 radical (unpaired) electrons. The third-order valence-corrected chi connectivity index (χ3v) is 2.91. The van der Waals surface area contributed by atoms with Crippen molar-refractivity contribution in [1.82, 2.24) is 0 Å².